The number of rotatable bonds is 4. The Morgan fingerprint density at radius 1 is 1.50 bits per heavy atom. The van der Waals surface area contributed by atoms with Crippen LogP contribution in [-0.4, -0.2) is 41.0 Å². The number of nitrogens with zero attached hydrogens (tertiary/aromatic N) is 1. The van der Waals surface area contributed by atoms with Gasteiger partial charge in [-0.1, -0.05) is 0 Å². The van der Waals surface area contributed by atoms with E-state index in [4.69, 9.17) is 0 Å². The van der Waals surface area contributed by atoms with Crippen molar-refractivity contribution in [1.82, 2.24) is 4.90 Å². The Bertz CT molecular complexity index is 53.0. The van der Waals surface area contributed by atoms with Crippen molar-refractivity contribution in [1.29, 1.82) is 0 Å². The van der Waals surface area contributed by atoms with E-state index in [1.807, 2.05) is 0 Å². The van der Waals surface area contributed by atoms with E-state index in [2.05, 4.69) is 24.8 Å². The average molecular weight is 178 g/mol. The van der Waals surface area contributed by atoms with Gasteiger partial charge >= 0.3 is 58.4 Å². The Morgan fingerprint density at radius 2 is 2.12 bits per heavy atom. The Hall–Kier alpha value is 0.503. The van der Waals surface area contributed by atoms with Crippen LogP contribution in [0.25, 0.3) is 0 Å². The smallest absolute Gasteiger partial charge is 1.00 e. The summed E-state index contributed by atoms with van der Waals surface area (Å²) in [6.07, 6.45) is 1.43. The summed E-state index contributed by atoms with van der Waals surface area (Å²) < 4.78 is 0. The first kappa shape index (κ1) is 8.50. The third kappa shape index (κ3) is 6.50. The molecule has 0 aliphatic carbocycles. The zero-order valence-electron chi connectivity index (χ0n) is 8.28. The normalized spacial score (nSPS) is 12.0. The van der Waals surface area contributed by atoms with Crippen molar-refractivity contribution < 1.29 is 2.85 Å². The Labute approximate surface area is 61.9 Å². The fourth-order valence-electron chi connectivity index (χ4n) is 0.678. The van der Waals surface area contributed by atoms with Gasteiger partial charge in [0.05, 0.1) is 0 Å². The van der Waals surface area contributed by atoms with Crippen LogP contribution in [0.5, 0.6) is 0 Å². The van der Waals surface area contributed by atoms with Crippen LogP contribution in [0.3, 0.4) is 0 Å². The van der Waals surface area contributed by atoms with Crippen LogP contribution in [0.4, 0.5) is 0 Å². The summed E-state index contributed by atoms with van der Waals surface area (Å²) >= 11 is 0.000347. The molecular weight excluding hydrogens is 159 g/mol. The third-order valence-corrected chi connectivity index (χ3v) is 3.74. The molecule has 0 amide bonds. The van der Waals surface area contributed by atoms with Crippen molar-refractivity contribution in [2.45, 2.75) is 17.4 Å². The molecule has 0 saturated heterocycles. The van der Waals surface area contributed by atoms with Crippen LogP contribution in [0.2, 0.25) is 11.0 Å². The Kier molecular flexibility index (Phi) is 5.99. The molecule has 0 aromatic rings. The molecule has 0 fully saturated rings. The first-order valence-corrected chi connectivity index (χ1v) is 8.48. The van der Waals surface area contributed by atoms with Gasteiger partial charge in [0.1, 0.15) is 0 Å². The first-order valence-electron chi connectivity index (χ1n) is 3.42. The molecular formula is C6H19GeN-2. The molecule has 54 valence electrons. The largest absolute Gasteiger partial charge is 1.00 e. The molecule has 2 heteroatoms. The van der Waals surface area contributed by atoms with E-state index < -0.39 is 0 Å². The molecule has 0 N–H and O–H groups in total. The van der Waals surface area contributed by atoms with Gasteiger partial charge in [0.2, 0.25) is 0 Å². The van der Waals surface area contributed by atoms with Crippen molar-refractivity contribution >= 4 is 15.4 Å². The molecule has 0 heterocycles. The molecule has 0 bridgehead atoms. The van der Waals surface area contributed by atoms with E-state index >= 15 is 0 Å². The predicted octanol–water partition coefficient (Wildman–Crippen LogP) is 0.798. The number of hydrogen-bond donors (Lipinski definition) is 0. The van der Waals surface area contributed by atoms with E-state index in [1.165, 1.54) is 13.0 Å². The quantitative estimate of drug-likeness (QED) is 0.454. The van der Waals surface area contributed by atoms with Gasteiger partial charge in [-0.25, -0.2) is 0 Å². The van der Waals surface area contributed by atoms with Gasteiger partial charge in [0.25, 0.3) is 0 Å². The van der Waals surface area contributed by atoms with Crippen molar-refractivity contribution in [3.63, 3.8) is 0 Å². The van der Waals surface area contributed by atoms with Gasteiger partial charge in [-0.15, -0.1) is 0 Å². The molecule has 0 aliphatic rings. The molecule has 0 atom stereocenters. The maximum absolute atomic E-state index is 2.42. The minimum absolute atomic E-state index is 0. The zero-order chi connectivity index (χ0) is 6.41. The molecule has 0 unspecified atom stereocenters. The van der Waals surface area contributed by atoms with Crippen molar-refractivity contribution in [2.24, 2.45) is 0 Å². The molecule has 0 saturated carbocycles. The molecule has 0 radical (unpaired) electrons. The number of hydrogen-bond acceptors (Lipinski definition) is 1. The summed E-state index contributed by atoms with van der Waals surface area (Å²) in [5.41, 5.74) is 0. The van der Waals surface area contributed by atoms with Crippen molar-refractivity contribution in [3.05, 3.63) is 0 Å². The van der Waals surface area contributed by atoms with Crippen LogP contribution in [0.15, 0.2) is 0 Å². The molecule has 1 nitrogen and oxygen atoms in total. The summed E-state index contributed by atoms with van der Waals surface area (Å²) in [7, 11) is 4.28. The minimum atomic E-state index is 0. The Morgan fingerprint density at radius 3 is 2.50 bits per heavy atom. The minimum Gasteiger partial charge on any atom is -1.00 e. The second kappa shape index (κ2) is 5.64. The summed E-state index contributed by atoms with van der Waals surface area (Å²) in [5, 5.41) is 1.56. The van der Waals surface area contributed by atoms with Gasteiger partial charge in [0.15, 0.2) is 0 Å². The van der Waals surface area contributed by atoms with Crippen LogP contribution in [-0.2, 0) is 0 Å². The maximum Gasteiger partial charge on any atom is -1.00 e. The average Bonchev–Trinajstić information content (AvgIpc) is 1.66. The molecule has 0 spiro atoms. The van der Waals surface area contributed by atoms with Crippen LogP contribution in [0, 0.1) is 0 Å². The van der Waals surface area contributed by atoms with E-state index in [1.54, 1.807) is 5.25 Å². The van der Waals surface area contributed by atoms with Gasteiger partial charge in [-0.2, -0.15) is 0 Å². The fourth-order valence-corrected chi connectivity index (χ4v) is 2.20. The third-order valence-electron chi connectivity index (χ3n) is 1.21. The van der Waals surface area contributed by atoms with Crippen LogP contribution in [0.1, 0.15) is 9.27 Å². The zero-order valence-corrected chi connectivity index (χ0v) is 9.24. The van der Waals surface area contributed by atoms with Gasteiger partial charge in [0, 0.05) is 0 Å². The standard InChI is InChI=1S/C6H17GeN.2H/c1-7-5-4-6-8(2)3;;/h4-7H2,1-3H3;;/q;2*-1. The summed E-state index contributed by atoms with van der Waals surface area (Å²) in [4.78, 5) is 2.26. The van der Waals surface area contributed by atoms with E-state index in [0.717, 1.165) is 0 Å². The molecule has 8 heavy (non-hydrogen) atoms. The van der Waals surface area contributed by atoms with Crippen molar-refractivity contribution in [3.8, 4) is 0 Å². The fraction of sp³-hybridized carbons (Fsp3) is 1.00. The summed E-state index contributed by atoms with van der Waals surface area (Å²) in [5.74, 6) is 2.42. The maximum atomic E-state index is 2.42. The second-order valence-corrected chi connectivity index (χ2v) is 6.09. The second-order valence-electron chi connectivity index (χ2n) is 2.51. The SMILES string of the molecule is [CH3][GeH2][CH2]CCN(C)C.[H-].[H-]. The molecule has 0 aromatic carbocycles. The predicted molar refractivity (Wildman–Crippen MR) is 44.6 cm³/mol. The van der Waals surface area contributed by atoms with Gasteiger partial charge < -0.3 is 2.85 Å². The van der Waals surface area contributed by atoms with Crippen LogP contribution < -0.4 is 0 Å². The summed E-state index contributed by atoms with van der Waals surface area (Å²) in [6.45, 7) is 1.29. The molecule has 0 aromatic heterocycles. The monoisotopic (exact) mass is 179 g/mol. The van der Waals surface area contributed by atoms with E-state index in [9.17, 15) is 0 Å². The Balaban J connectivity index is -0.000000245. The van der Waals surface area contributed by atoms with Gasteiger partial charge in [-0.3, -0.25) is 0 Å². The molecule has 0 rings (SSSR count). The first-order chi connectivity index (χ1) is 3.77. The molecule has 0 aliphatic heterocycles. The van der Waals surface area contributed by atoms with Crippen LogP contribution >= 0.6 is 0 Å². The van der Waals surface area contributed by atoms with E-state index in [-0.39, 0.29) is 18.3 Å². The summed E-state index contributed by atoms with van der Waals surface area (Å²) in [6, 6.07) is 0. The van der Waals surface area contributed by atoms with Crippen molar-refractivity contribution in [2.75, 3.05) is 20.6 Å². The van der Waals surface area contributed by atoms with Gasteiger partial charge in [-0.05, 0) is 0 Å². The van der Waals surface area contributed by atoms with E-state index in [0.29, 0.717) is 0 Å². The topological polar surface area (TPSA) is 3.24 Å².